The first-order valence-corrected chi connectivity index (χ1v) is 3.99. The number of nitro benzene ring substituents is 1. The monoisotopic (exact) mass is 251 g/mol. The largest absolute Gasteiger partial charge is 0.478 e. The molecule has 0 saturated heterocycles. The molecule has 1 N–H and O–H groups in total. The topological polar surface area (TPSA) is 89.7 Å². The molecule has 0 radical (unpaired) electrons. The molecular weight excluding hydrogens is 247 g/mol. The molecule has 1 rings (SSSR count). The molecule has 1 aromatic carbocycles. The Morgan fingerprint density at radius 3 is 2.47 bits per heavy atom. The highest BCUT2D eigenvalue weighted by molar-refractivity contribution is 5.89. The molecule has 0 spiro atoms. The number of nitrogens with zero attached hydrogens (tertiary/aromatic N) is 1. The molecule has 0 fully saturated rings. The lowest BCUT2D eigenvalue weighted by atomic mass is 10.1. The number of hydrogen-bond acceptors (Lipinski definition) is 4. The van der Waals surface area contributed by atoms with Crippen molar-refractivity contribution in [3.63, 3.8) is 0 Å². The van der Waals surface area contributed by atoms with E-state index in [9.17, 15) is 28.1 Å². The van der Waals surface area contributed by atoms with Crippen LogP contribution >= 0.6 is 0 Å². The predicted molar refractivity (Wildman–Crippen MR) is 46.6 cm³/mol. The van der Waals surface area contributed by atoms with Gasteiger partial charge in [0.1, 0.15) is 11.3 Å². The molecule has 9 heteroatoms. The van der Waals surface area contributed by atoms with E-state index in [0.717, 1.165) is 0 Å². The van der Waals surface area contributed by atoms with E-state index < -0.39 is 40.3 Å². The summed E-state index contributed by atoms with van der Waals surface area (Å²) in [5.74, 6) is -4.25. The van der Waals surface area contributed by atoms with Crippen LogP contribution < -0.4 is 4.74 Å². The number of nitro groups is 1. The molecule has 1 aromatic rings. The molecule has 0 aromatic heterocycles. The van der Waals surface area contributed by atoms with Crippen molar-refractivity contribution in [3.8, 4) is 5.75 Å². The summed E-state index contributed by atoms with van der Waals surface area (Å²) in [6, 6.07) is 0.824. The van der Waals surface area contributed by atoms with E-state index in [2.05, 4.69) is 4.74 Å². The summed E-state index contributed by atoms with van der Waals surface area (Å²) < 4.78 is 40.7. The zero-order valence-electron chi connectivity index (χ0n) is 7.89. The van der Waals surface area contributed by atoms with E-state index in [4.69, 9.17) is 5.11 Å². The quantitative estimate of drug-likeness (QED) is 0.653. The van der Waals surface area contributed by atoms with Crippen molar-refractivity contribution < 1.29 is 32.7 Å². The molecule has 0 saturated carbocycles. The van der Waals surface area contributed by atoms with Crippen molar-refractivity contribution in [2.75, 3.05) is 0 Å². The van der Waals surface area contributed by atoms with Gasteiger partial charge < -0.3 is 9.84 Å². The Kier molecular flexibility index (Phi) is 3.51. The van der Waals surface area contributed by atoms with E-state index in [-0.39, 0.29) is 0 Å². The standard InChI is InChI=1S/C8H4F3NO5/c9-6-4(7(13)14)1-3(17-8(10)11)2-5(6)12(15)16/h1-2,8H,(H,13,14). The smallest absolute Gasteiger partial charge is 0.387 e. The second-order valence-corrected chi connectivity index (χ2v) is 2.74. The molecule has 0 aliphatic rings. The van der Waals surface area contributed by atoms with Gasteiger partial charge in [0.05, 0.1) is 11.0 Å². The van der Waals surface area contributed by atoms with E-state index in [1.165, 1.54) is 0 Å². The van der Waals surface area contributed by atoms with E-state index in [0.29, 0.717) is 12.1 Å². The number of carboxylic acids is 1. The average Bonchev–Trinajstić information content (AvgIpc) is 2.18. The third kappa shape index (κ3) is 2.83. The number of carboxylic acid groups (broad SMARTS) is 1. The zero-order chi connectivity index (χ0) is 13.2. The van der Waals surface area contributed by atoms with Crippen molar-refractivity contribution in [1.82, 2.24) is 0 Å². The maximum absolute atomic E-state index is 13.2. The van der Waals surface area contributed by atoms with Gasteiger partial charge in [-0.15, -0.1) is 0 Å². The second-order valence-electron chi connectivity index (χ2n) is 2.74. The number of carbonyl (C=O) groups is 1. The summed E-state index contributed by atoms with van der Waals surface area (Å²) in [7, 11) is 0. The van der Waals surface area contributed by atoms with E-state index >= 15 is 0 Å². The molecule has 0 atom stereocenters. The van der Waals surface area contributed by atoms with Crippen LogP contribution in [0.2, 0.25) is 0 Å². The second kappa shape index (κ2) is 4.68. The van der Waals surface area contributed by atoms with Gasteiger partial charge >= 0.3 is 18.3 Å². The maximum atomic E-state index is 13.2. The molecule has 0 amide bonds. The molecule has 0 aliphatic carbocycles. The first-order valence-electron chi connectivity index (χ1n) is 3.99. The highest BCUT2D eigenvalue weighted by Crippen LogP contribution is 2.28. The summed E-state index contributed by atoms with van der Waals surface area (Å²) in [6.45, 7) is -3.30. The summed E-state index contributed by atoms with van der Waals surface area (Å²) >= 11 is 0. The highest BCUT2D eigenvalue weighted by Gasteiger charge is 2.25. The van der Waals surface area contributed by atoms with Crippen LogP contribution in [0.5, 0.6) is 5.75 Å². The number of rotatable bonds is 4. The minimum atomic E-state index is -3.30. The van der Waals surface area contributed by atoms with Gasteiger partial charge in [-0.05, 0) is 6.07 Å². The lowest BCUT2D eigenvalue weighted by Crippen LogP contribution is -2.08. The van der Waals surface area contributed by atoms with Crippen LogP contribution in [0.4, 0.5) is 18.9 Å². The van der Waals surface area contributed by atoms with Gasteiger partial charge in [0.2, 0.25) is 5.82 Å². The summed E-state index contributed by atoms with van der Waals surface area (Å²) in [5.41, 5.74) is -2.37. The number of ether oxygens (including phenoxy) is 1. The van der Waals surface area contributed by atoms with Crippen LogP contribution in [-0.2, 0) is 0 Å². The van der Waals surface area contributed by atoms with Gasteiger partial charge in [0.25, 0.3) is 0 Å². The Hall–Kier alpha value is -2.32. The Morgan fingerprint density at radius 1 is 1.47 bits per heavy atom. The SMILES string of the molecule is O=C(O)c1cc(OC(F)F)cc([N+](=O)[O-])c1F. The van der Waals surface area contributed by atoms with Gasteiger partial charge in [-0.3, -0.25) is 10.1 Å². The van der Waals surface area contributed by atoms with Crippen molar-refractivity contribution >= 4 is 11.7 Å². The molecule has 6 nitrogen and oxygen atoms in total. The molecule has 0 bridgehead atoms. The molecule has 92 valence electrons. The molecular formula is C8H4F3NO5. The fourth-order valence-electron chi connectivity index (χ4n) is 1.04. The van der Waals surface area contributed by atoms with Gasteiger partial charge in [-0.25, -0.2) is 4.79 Å². The van der Waals surface area contributed by atoms with Crippen LogP contribution in [0.25, 0.3) is 0 Å². The van der Waals surface area contributed by atoms with E-state index in [1.807, 2.05) is 0 Å². The molecule has 0 unspecified atom stereocenters. The Bertz CT molecular complexity index is 441. The van der Waals surface area contributed by atoms with Crippen LogP contribution in [0, 0.1) is 15.9 Å². The Balaban J connectivity index is 3.36. The lowest BCUT2D eigenvalue weighted by molar-refractivity contribution is -0.387. The zero-order valence-corrected chi connectivity index (χ0v) is 7.89. The normalized spacial score (nSPS) is 10.4. The van der Waals surface area contributed by atoms with Crippen molar-refractivity contribution in [2.45, 2.75) is 6.61 Å². The molecule has 0 heterocycles. The van der Waals surface area contributed by atoms with Crippen molar-refractivity contribution in [1.29, 1.82) is 0 Å². The first kappa shape index (κ1) is 12.7. The number of hydrogen-bond donors (Lipinski definition) is 1. The van der Waals surface area contributed by atoms with Crippen LogP contribution in [0.15, 0.2) is 12.1 Å². The first-order chi connectivity index (χ1) is 7.82. The third-order valence-electron chi connectivity index (χ3n) is 1.68. The minimum absolute atomic E-state index is 0.383. The van der Waals surface area contributed by atoms with Crippen LogP contribution in [-0.4, -0.2) is 22.6 Å². The molecule has 17 heavy (non-hydrogen) atoms. The maximum Gasteiger partial charge on any atom is 0.387 e. The lowest BCUT2D eigenvalue weighted by Gasteiger charge is -2.06. The molecule has 0 aliphatic heterocycles. The van der Waals surface area contributed by atoms with Crippen LogP contribution in [0.3, 0.4) is 0 Å². The fourth-order valence-corrected chi connectivity index (χ4v) is 1.04. The van der Waals surface area contributed by atoms with Gasteiger partial charge in [-0.2, -0.15) is 13.2 Å². The third-order valence-corrected chi connectivity index (χ3v) is 1.68. The number of halogens is 3. The average molecular weight is 251 g/mol. The minimum Gasteiger partial charge on any atom is -0.478 e. The van der Waals surface area contributed by atoms with Crippen molar-refractivity contribution in [3.05, 3.63) is 33.6 Å². The fraction of sp³-hybridized carbons (Fsp3) is 0.125. The summed E-state index contributed by atoms with van der Waals surface area (Å²) in [6.07, 6.45) is 0. The Morgan fingerprint density at radius 2 is 2.06 bits per heavy atom. The Labute approximate surface area is 91.4 Å². The number of aromatic carboxylic acids is 1. The highest BCUT2D eigenvalue weighted by atomic mass is 19.3. The number of alkyl halides is 2. The number of benzene rings is 1. The van der Waals surface area contributed by atoms with Crippen LogP contribution in [0.1, 0.15) is 10.4 Å². The van der Waals surface area contributed by atoms with E-state index in [1.54, 1.807) is 0 Å². The summed E-state index contributed by atoms with van der Waals surface area (Å²) in [5, 5.41) is 18.9. The van der Waals surface area contributed by atoms with Gasteiger partial charge in [0.15, 0.2) is 0 Å². The van der Waals surface area contributed by atoms with Gasteiger partial charge in [0, 0.05) is 0 Å². The van der Waals surface area contributed by atoms with Crippen molar-refractivity contribution in [2.24, 2.45) is 0 Å². The van der Waals surface area contributed by atoms with Gasteiger partial charge in [-0.1, -0.05) is 0 Å². The predicted octanol–water partition coefficient (Wildman–Crippen LogP) is 2.03. The summed E-state index contributed by atoms with van der Waals surface area (Å²) in [4.78, 5) is 19.7.